The van der Waals surface area contributed by atoms with Gasteiger partial charge in [0, 0.05) is 12.2 Å². The Hall–Kier alpha value is -0.780. The molecule has 0 aliphatic carbocycles. The second-order valence-electron chi connectivity index (χ2n) is 5.89. The molecule has 2 unspecified atom stereocenters. The molecule has 4 nitrogen and oxygen atoms in total. The van der Waals surface area contributed by atoms with Gasteiger partial charge >= 0.3 is 0 Å². The van der Waals surface area contributed by atoms with Gasteiger partial charge in [0.25, 0.3) is 0 Å². The van der Waals surface area contributed by atoms with Crippen molar-refractivity contribution in [3.8, 4) is 11.5 Å². The molecule has 0 radical (unpaired) electrons. The van der Waals surface area contributed by atoms with E-state index < -0.39 is 6.10 Å². The molecule has 5 heteroatoms. The summed E-state index contributed by atoms with van der Waals surface area (Å²) in [7, 11) is 3.16. The summed E-state index contributed by atoms with van der Waals surface area (Å²) in [5, 5.41) is 10.8. The predicted molar refractivity (Wildman–Crippen MR) is 87.1 cm³/mol. The van der Waals surface area contributed by atoms with Crippen molar-refractivity contribution < 1.29 is 19.3 Å². The van der Waals surface area contributed by atoms with Gasteiger partial charge in [0.2, 0.25) is 0 Å². The van der Waals surface area contributed by atoms with Gasteiger partial charge in [0.15, 0.2) is 0 Å². The second kappa shape index (κ2) is 7.47. The van der Waals surface area contributed by atoms with Crippen molar-refractivity contribution in [2.45, 2.75) is 39.9 Å². The molecule has 21 heavy (non-hydrogen) atoms. The van der Waals surface area contributed by atoms with Crippen LogP contribution in [0.25, 0.3) is 0 Å². The molecule has 0 amide bonds. The van der Waals surface area contributed by atoms with Crippen LogP contribution in [-0.2, 0) is 4.74 Å². The van der Waals surface area contributed by atoms with Gasteiger partial charge < -0.3 is 19.3 Å². The maximum atomic E-state index is 10.8. The molecule has 1 aromatic carbocycles. The van der Waals surface area contributed by atoms with Crippen molar-refractivity contribution in [2.75, 3.05) is 20.8 Å². The van der Waals surface area contributed by atoms with Gasteiger partial charge in [-0.3, -0.25) is 0 Å². The third kappa shape index (κ3) is 4.11. The van der Waals surface area contributed by atoms with E-state index in [4.69, 9.17) is 14.2 Å². The third-order valence-corrected chi connectivity index (χ3v) is 4.07. The molecule has 0 saturated carbocycles. The highest BCUT2D eigenvalue weighted by atomic mass is 79.9. The van der Waals surface area contributed by atoms with E-state index in [0.29, 0.717) is 28.1 Å². The summed E-state index contributed by atoms with van der Waals surface area (Å²) in [4.78, 5) is 0. The van der Waals surface area contributed by atoms with Crippen LogP contribution >= 0.6 is 15.9 Å². The largest absolute Gasteiger partial charge is 0.495 e. The molecule has 2 atom stereocenters. The number of rotatable bonds is 6. The lowest BCUT2D eigenvalue weighted by molar-refractivity contribution is -0.0904. The number of methoxy groups -OCH3 is 2. The SMILES string of the molecule is CCOC(C(O)c1ccc(OC)c(Br)c1OC)C(C)(C)C. The van der Waals surface area contributed by atoms with Crippen LogP contribution in [-0.4, -0.2) is 32.0 Å². The lowest BCUT2D eigenvalue weighted by Crippen LogP contribution is -2.35. The number of aliphatic hydroxyl groups excluding tert-OH is 1. The monoisotopic (exact) mass is 360 g/mol. The molecule has 1 N–H and O–H groups in total. The predicted octanol–water partition coefficient (Wildman–Crippen LogP) is 3.95. The number of hydrogen-bond donors (Lipinski definition) is 1. The van der Waals surface area contributed by atoms with E-state index in [9.17, 15) is 5.11 Å². The summed E-state index contributed by atoms with van der Waals surface area (Å²) in [6.45, 7) is 8.59. The van der Waals surface area contributed by atoms with E-state index in [1.807, 2.05) is 33.8 Å². The topological polar surface area (TPSA) is 47.9 Å². The molecule has 1 aromatic rings. The van der Waals surface area contributed by atoms with Gasteiger partial charge in [-0.15, -0.1) is 0 Å². The van der Waals surface area contributed by atoms with Crippen molar-refractivity contribution in [3.05, 3.63) is 22.2 Å². The molecule has 0 saturated heterocycles. The first-order valence-corrected chi connectivity index (χ1v) is 7.77. The van der Waals surface area contributed by atoms with Crippen molar-refractivity contribution >= 4 is 15.9 Å². The van der Waals surface area contributed by atoms with Crippen molar-refractivity contribution in [1.82, 2.24) is 0 Å². The minimum atomic E-state index is -0.790. The molecule has 0 aliphatic rings. The zero-order chi connectivity index (χ0) is 16.2. The lowest BCUT2D eigenvalue weighted by Gasteiger charge is -2.35. The van der Waals surface area contributed by atoms with Crippen LogP contribution in [0, 0.1) is 5.41 Å². The number of halogens is 1. The highest BCUT2D eigenvalue weighted by Crippen LogP contribution is 2.43. The van der Waals surface area contributed by atoms with Crippen LogP contribution in [0.5, 0.6) is 11.5 Å². The average molecular weight is 361 g/mol. The van der Waals surface area contributed by atoms with Crippen LogP contribution in [0.15, 0.2) is 16.6 Å². The van der Waals surface area contributed by atoms with Crippen LogP contribution < -0.4 is 9.47 Å². The first kappa shape index (κ1) is 18.3. The van der Waals surface area contributed by atoms with Crippen LogP contribution in [0.1, 0.15) is 39.4 Å². The van der Waals surface area contributed by atoms with E-state index in [0.717, 1.165) is 0 Å². The van der Waals surface area contributed by atoms with Gasteiger partial charge in [0.05, 0.1) is 20.3 Å². The zero-order valence-corrected chi connectivity index (χ0v) is 15.2. The number of benzene rings is 1. The standard InChI is InChI=1S/C16H25BrO4/c1-7-21-15(16(2,3)4)13(18)10-8-9-11(19-5)12(17)14(10)20-6/h8-9,13,15,18H,7H2,1-6H3. The molecule has 0 spiro atoms. The maximum absolute atomic E-state index is 10.8. The summed E-state index contributed by atoms with van der Waals surface area (Å²) in [6.07, 6.45) is -1.13. The van der Waals surface area contributed by atoms with Gasteiger partial charge in [-0.05, 0) is 40.4 Å². The fourth-order valence-electron chi connectivity index (χ4n) is 2.31. The number of hydrogen-bond acceptors (Lipinski definition) is 4. The third-order valence-electron chi connectivity index (χ3n) is 3.32. The summed E-state index contributed by atoms with van der Waals surface area (Å²) < 4.78 is 17.2. The van der Waals surface area contributed by atoms with Gasteiger partial charge in [-0.2, -0.15) is 0 Å². The number of aliphatic hydroxyl groups is 1. The van der Waals surface area contributed by atoms with E-state index >= 15 is 0 Å². The second-order valence-corrected chi connectivity index (χ2v) is 6.68. The number of ether oxygens (including phenoxy) is 3. The van der Waals surface area contributed by atoms with Crippen molar-refractivity contribution in [1.29, 1.82) is 0 Å². The Balaban J connectivity index is 3.28. The van der Waals surface area contributed by atoms with E-state index in [-0.39, 0.29) is 11.5 Å². The summed E-state index contributed by atoms with van der Waals surface area (Å²) in [6, 6.07) is 3.61. The molecule has 1 rings (SSSR count). The minimum Gasteiger partial charge on any atom is -0.495 e. The molecular formula is C16H25BrO4. The lowest BCUT2D eigenvalue weighted by atomic mass is 9.83. The Kier molecular flexibility index (Phi) is 6.50. The Bertz CT molecular complexity index is 468. The maximum Gasteiger partial charge on any atom is 0.142 e. The van der Waals surface area contributed by atoms with Crippen molar-refractivity contribution in [3.63, 3.8) is 0 Å². The van der Waals surface area contributed by atoms with Crippen LogP contribution in [0.3, 0.4) is 0 Å². The van der Waals surface area contributed by atoms with Gasteiger partial charge in [-0.1, -0.05) is 20.8 Å². The smallest absolute Gasteiger partial charge is 0.142 e. The van der Waals surface area contributed by atoms with Crippen molar-refractivity contribution in [2.24, 2.45) is 5.41 Å². The van der Waals surface area contributed by atoms with Gasteiger partial charge in [-0.25, -0.2) is 0 Å². The summed E-state index contributed by atoms with van der Waals surface area (Å²) in [5.41, 5.74) is 0.478. The Morgan fingerprint density at radius 1 is 1.19 bits per heavy atom. The van der Waals surface area contributed by atoms with Crippen LogP contribution in [0.2, 0.25) is 0 Å². The average Bonchev–Trinajstić information content (AvgIpc) is 2.42. The summed E-state index contributed by atoms with van der Waals surface area (Å²) in [5.74, 6) is 1.22. The Morgan fingerprint density at radius 3 is 2.24 bits per heavy atom. The van der Waals surface area contributed by atoms with Crippen LogP contribution in [0.4, 0.5) is 0 Å². The fraction of sp³-hybridized carbons (Fsp3) is 0.625. The molecule has 0 aromatic heterocycles. The van der Waals surface area contributed by atoms with E-state index in [1.54, 1.807) is 20.3 Å². The summed E-state index contributed by atoms with van der Waals surface area (Å²) >= 11 is 3.46. The quantitative estimate of drug-likeness (QED) is 0.834. The fourth-order valence-corrected chi connectivity index (χ4v) is 2.99. The minimum absolute atomic E-state index is 0.202. The highest BCUT2D eigenvalue weighted by molar-refractivity contribution is 9.10. The first-order chi connectivity index (χ1) is 9.77. The zero-order valence-electron chi connectivity index (χ0n) is 13.6. The van der Waals surface area contributed by atoms with E-state index in [1.165, 1.54) is 0 Å². The molecular weight excluding hydrogens is 336 g/mol. The normalized spacial score (nSPS) is 14.7. The molecule has 0 heterocycles. The molecule has 0 aliphatic heterocycles. The van der Waals surface area contributed by atoms with Gasteiger partial charge in [0.1, 0.15) is 22.1 Å². The Labute approximate surface area is 135 Å². The molecule has 0 bridgehead atoms. The highest BCUT2D eigenvalue weighted by Gasteiger charge is 2.35. The van der Waals surface area contributed by atoms with E-state index in [2.05, 4.69) is 15.9 Å². The molecule has 0 fully saturated rings. The first-order valence-electron chi connectivity index (χ1n) is 6.97. The Morgan fingerprint density at radius 2 is 1.81 bits per heavy atom. The molecule has 120 valence electrons.